The molecule has 5 nitrogen and oxygen atoms in total. The summed E-state index contributed by atoms with van der Waals surface area (Å²) >= 11 is 0. The fourth-order valence-corrected chi connectivity index (χ4v) is 2.14. The van der Waals surface area contributed by atoms with Gasteiger partial charge in [-0.05, 0) is 24.6 Å². The Morgan fingerprint density at radius 2 is 2.20 bits per heavy atom. The summed E-state index contributed by atoms with van der Waals surface area (Å²) in [5.74, 6) is 0.184. The lowest BCUT2D eigenvalue weighted by Crippen LogP contribution is -2.46. The van der Waals surface area contributed by atoms with E-state index in [2.05, 4.69) is 10.1 Å². The van der Waals surface area contributed by atoms with Crippen molar-refractivity contribution in [1.29, 1.82) is 0 Å². The lowest BCUT2D eigenvalue weighted by molar-refractivity contribution is 0.295. The maximum atomic E-state index is 14.0. The van der Waals surface area contributed by atoms with Crippen molar-refractivity contribution < 1.29 is 4.39 Å². The Bertz CT molecular complexity index is 616. The molecule has 1 aromatic carbocycles. The minimum Gasteiger partial charge on any atom is -0.370 e. The number of halogens is 1. The van der Waals surface area contributed by atoms with Crippen LogP contribution in [0.25, 0.3) is 5.69 Å². The summed E-state index contributed by atoms with van der Waals surface area (Å²) in [4.78, 5) is 6.27. The molecule has 0 amide bonds. The van der Waals surface area contributed by atoms with Crippen LogP contribution in [-0.2, 0) is 6.54 Å². The second-order valence-electron chi connectivity index (χ2n) is 4.70. The zero-order valence-electron chi connectivity index (χ0n) is 11.0. The zero-order valence-corrected chi connectivity index (χ0v) is 11.0. The second kappa shape index (κ2) is 5.32. The summed E-state index contributed by atoms with van der Waals surface area (Å²) in [6.07, 6.45) is 4.57. The van der Waals surface area contributed by atoms with Gasteiger partial charge in [0.15, 0.2) is 5.96 Å². The van der Waals surface area contributed by atoms with E-state index >= 15 is 0 Å². The van der Waals surface area contributed by atoms with Gasteiger partial charge in [-0.3, -0.25) is 0 Å². The number of nitrogens with two attached hydrogens (primary N) is 1. The molecule has 0 radical (unpaired) electrons. The number of hydrogen-bond donors (Lipinski definition) is 1. The first-order valence-electron chi connectivity index (χ1n) is 6.58. The van der Waals surface area contributed by atoms with E-state index in [9.17, 15) is 4.39 Å². The summed E-state index contributed by atoms with van der Waals surface area (Å²) in [7, 11) is 0. The summed E-state index contributed by atoms with van der Waals surface area (Å²) in [6, 6.07) is 6.71. The Morgan fingerprint density at radius 3 is 2.85 bits per heavy atom. The van der Waals surface area contributed by atoms with Gasteiger partial charge in [0.05, 0.1) is 12.2 Å². The zero-order chi connectivity index (χ0) is 13.9. The molecule has 0 bridgehead atoms. The summed E-state index contributed by atoms with van der Waals surface area (Å²) in [5, 5.41) is 4.14. The van der Waals surface area contributed by atoms with Crippen molar-refractivity contribution in [2.75, 3.05) is 13.1 Å². The molecule has 1 saturated heterocycles. The number of benzene rings is 1. The third kappa shape index (κ3) is 2.36. The first-order valence-corrected chi connectivity index (χ1v) is 6.58. The van der Waals surface area contributed by atoms with Gasteiger partial charge < -0.3 is 10.6 Å². The van der Waals surface area contributed by atoms with Crippen molar-refractivity contribution in [1.82, 2.24) is 14.7 Å². The molecule has 0 unspecified atom stereocenters. The highest BCUT2D eigenvalue weighted by Gasteiger charge is 2.16. The Hall–Kier alpha value is -2.37. The Balaban J connectivity index is 1.88. The maximum Gasteiger partial charge on any atom is 0.191 e. The molecule has 0 aliphatic carbocycles. The third-order valence-corrected chi connectivity index (χ3v) is 3.42. The van der Waals surface area contributed by atoms with Crippen molar-refractivity contribution in [3.63, 3.8) is 0 Å². The van der Waals surface area contributed by atoms with Gasteiger partial charge in [-0.1, -0.05) is 6.07 Å². The maximum absolute atomic E-state index is 14.0. The van der Waals surface area contributed by atoms with Gasteiger partial charge in [-0.2, -0.15) is 5.10 Å². The Kier molecular flexibility index (Phi) is 3.37. The highest BCUT2D eigenvalue weighted by molar-refractivity contribution is 5.78. The smallest absolute Gasteiger partial charge is 0.191 e. The molecule has 3 rings (SSSR count). The number of hydrogen-bond acceptors (Lipinski definition) is 2. The molecule has 1 aliphatic rings. The minimum atomic E-state index is -0.293. The lowest BCUT2D eigenvalue weighted by Gasteiger charge is -2.31. The molecule has 0 spiro atoms. The number of likely N-dealkylation sites (tertiary alicyclic amines) is 1. The van der Waals surface area contributed by atoms with Crippen LogP contribution < -0.4 is 5.73 Å². The van der Waals surface area contributed by atoms with Gasteiger partial charge in [-0.25, -0.2) is 14.1 Å². The highest BCUT2D eigenvalue weighted by atomic mass is 19.1. The largest absolute Gasteiger partial charge is 0.370 e. The first-order chi connectivity index (χ1) is 9.75. The van der Waals surface area contributed by atoms with Crippen molar-refractivity contribution >= 4 is 5.96 Å². The summed E-state index contributed by atoms with van der Waals surface area (Å²) < 4.78 is 15.7. The van der Waals surface area contributed by atoms with Crippen LogP contribution in [0.4, 0.5) is 4.39 Å². The van der Waals surface area contributed by atoms with Crippen LogP contribution >= 0.6 is 0 Å². The van der Waals surface area contributed by atoms with E-state index in [1.807, 2.05) is 11.0 Å². The number of aromatic nitrogens is 2. The van der Waals surface area contributed by atoms with Gasteiger partial charge in [-0.15, -0.1) is 0 Å². The molecule has 2 heterocycles. The molecule has 2 aromatic rings. The molecule has 0 atom stereocenters. The van der Waals surface area contributed by atoms with Crippen LogP contribution in [0.3, 0.4) is 0 Å². The molecular formula is C14H16FN5. The summed E-state index contributed by atoms with van der Waals surface area (Å²) in [6.45, 7) is 2.07. The van der Waals surface area contributed by atoms with E-state index < -0.39 is 0 Å². The predicted octanol–water partition coefficient (Wildman–Crippen LogP) is 1.53. The van der Waals surface area contributed by atoms with Crippen LogP contribution in [0.15, 0.2) is 41.7 Å². The van der Waals surface area contributed by atoms with Crippen LogP contribution in [0.1, 0.15) is 12.0 Å². The quantitative estimate of drug-likeness (QED) is 0.681. The van der Waals surface area contributed by atoms with Crippen LogP contribution in [-0.4, -0.2) is 33.7 Å². The van der Waals surface area contributed by atoms with E-state index in [-0.39, 0.29) is 12.4 Å². The number of nitrogens with zero attached hydrogens (tertiary/aromatic N) is 4. The second-order valence-corrected chi connectivity index (χ2v) is 4.70. The molecule has 2 N–H and O–H groups in total. The van der Waals surface area contributed by atoms with Gasteiger partial charge in [0.2, 0.25) is 0 Å². The van der Waals surface area contributed by atoms with Crippen LogP contribution in [0, 0.1) is 5.82 Å². The number of aliphatic imine (C=N–C) groups is 1. The van der Waals surface area contributed by atoms with E-state index in [1.54, 1.807) is 29.2 Å². The molecule has 1 aromatic heterocycles. The molecule has 0 saturated carbocycles. The Morgan fingerprint density at radius 1 is 1.35 bits per heavy atom. The average Bonchev–Trinajstić information content (AvgIpc) is 2.88. The van der Waals surface area contributed by atoms with Crippen molar-refractivity contribution in [2.45, 2.75) is 13.0 Å². The van der Waals surface area contributed by atoms with Crippen LogP contribution in [0.2, 0.25) is 0 Å². The van der Waals surface area contributed by atoms with E-state index in [4.69, 9.17) is 5.73 Å². The fraction of sp³-hybridized carbons (Fsp3) is 0.286. The first kappa shape index (κ1) is 12.7. The van der Waals surface area contributed by atoms with E-state index in [0.29, 0.717) is 17.2 Å². The van der Waals surface area contributed by atoms with Gasteiger partial charge in [0, 0.05) is 31.0 Å². The van der Waals surface area contributed by atoms with Crippen molar-refractivity contribution in [3.05, 3.63) is 48.0 Å². The van der Waals surface area contributed by atoms with Gasteiger partial charge in [0.1, 0.15) is 5.82 Å². The highest BCUT2D eigenvalue weighted by Crippen LogP contribution is 2.18. The summed E-state index contributed by atoms with van der Waals surface area (Å²) in [5.41, 5.74) is 7.07. The molecule has 1 aliphatic heterocycles. The molecular weight excluding hydrogens is 257 g/mol. The normalized spacial score (nSPS) is 15.2. The number of rotatable bonds is 3. The minimum absolute atomic E-state index is 0.212. The average molecular weight is 273 g/mol. The standard InChI is InChI=1S/C14H16FN5/c15-12-4-1-5-13(20-9-2-6-18-20)11(12)10-17-14(16)19-7-3-8-19/h1-2,4-6,9H,3,7-8,10H2,(H2,16,17). The molecule has 104 valence electrons. The monoisotopic (exact) mass is 273 g/mol. The van der Waals surface area contributed by atoms with E-state index in [0.717, 1.165) is 19.5 Å². The topological polar surface area (TPSA) is 59.4 Å². The molecule has 20 heavy (non-hydrogen) atoms. The van der Waals surface area contributed by atoms with Gasteiger partial charge in [0.25, 0.3) is 0 Å². The van der Waals surface area contributed by atoms with Crippen LogP contribution in [0.5, 0.6) is 0 Å². The van der Waals surface area contributed by atoms with Gasteiger partial charge >= 0.3 is 0 Å². The Labute approximate surface area is 116 Å². The number of guanidine groups is 1. The molecule has 1 fully saturated rings. The van der Waals surface area contributed by atoms with Crippen molar-refractivity contribution in [2.24, 2.45) is 10.7 Å². The van der Waals surface area contributed by atoms with Crippen molar-refractivity contribution in [3.8, 4) is 5.69 Å². The fourth-order valence-electron chi connectivity index (χ4n) is 2.14. The molecule has 6 heteroatoms. The van der Waals surface area contributed by atoms with E-state index in [1.165, 1.54) is 6.07 Å². The lowest BCUT2D eigenvalue weighted by atomic mass is 10.1. The predicted molar refractivity (Wildman–Crippen MR) is 75.0 cm³/mol. The third-order valence-electron chi connectivity index (χ3n) is 3.42. The SMILES string of the molecule is NC(=NCc1c(F)cccc1-n1cccn1)N1CCC1.